The number of nitrogens with one attached hydrogen (secondary N) is 1. The lowest BCUT2D eigenvalue weighted by molar-refractivity contribution is -0.124. The second-order valence-corrected chi connectivity index (χ2v) is 5.29. The Kier molecular flexibility index (Phi) is 3.59. The Morgan fingerprint density at radius 2 is 1.90 bits per heavy atom. The van der Waals surface area contributed by atoms with Gasteiger partial charge in [-0.1, -0.05) is 18.2 Å². The molecule has 0 saturated carbocycles. The van der Waals surface area contributed by atoms with Crippen LogP contribution in [0, 0.1) is 0 Å². The van der Waals surface area contributed by atoms with Crippen LogP contribution >= 0.6 is 0 Å². The summed E-state index contributed by atoms with van der Waals surface area (Å²) in [7, 11) is 0. The highest BCUT2D eigenvalue weighted by molar-refractivity contribution is 6.22. The molecule has 1 aliphatic heterocycles. The standard InChI is InChI=1S/C14H17N3O3/c1-14(2,13(15)20)16-10-8-11(18)17(12(10)19)9-6-4-3-5-7-9/h3-7,10,16H,8H2,1-2H3,(H2,15,20). The number of imide groups is 1. The van der Waals surface area contributed by atoms with E-state index in [4.69, 9.17) is 5.73 Å². The molecule has 1 aromatic carbocycles. The average Bonchev–Trinajstić information content (AvgIpc) is 2.64. The van der Waals surface area contributed by atoms with E-state index in [-0.39, 0.29) is 18.2 Å². The zero-order valence-corrected chi connectivity index (χ0v) is 11.4. The van der Waals surface area contributed by atoms with Crippen LogP contribution < -0.4 is 16.0 Å². The van der Waals surface area contributed by atoms with Crippen LogP contribution in [-0.2, 0) is 14.4 Å². The average molecular weight is 275 g/mol. The minimum absolute atomic E-state index is 0.0183. The number of nitrogens with two attached hydrogens (primary N) is 1. The zero-order chi connectivity index (χ0) is 14.9. The maximum atomic E-state index is 12.3. The van der Waals surface area contributed by atoms with E-state index in [9.17, 15) is 14.4 Å². The third-order valence-corrected chi connectivity index (χ3v) is 3.31. The SMILES string of the molecule is CC(C)(NC1CC(=O)N(c2ccccc2)C1=O)C(N)=O. The Balaban J connectivity index is 2.20. The molecule has 0 radical (unpaired) electrons. The topological polar surface area (TPSA) is 92.5 Å². The number of benzene rings is 1. The smallest absolute Gasteiger partial charge is 0.251 e. The van der Waals surface area contributed by atoms with Gasteiger partial charge < -0.3 is 5.73 Å². The molecule has 1 aromatic rings. The normalized spacial score (nSPS) is 19.5. The van der Waals surface area contributed by atoms with Crippen molar-refractivity contribution in [3.05, 3.63) is 30.3 Å². The van der Waals surface area contributed by atoms with Gasteiger partial charge in [-0.2, -0.15) is 0 Å². The first-order chi connectivity index (χ1) is 9.33. The molecule has 3 amide bonds. The molecule has 1 saturated heterocycles. The summed E-state index contributed by atoms with van der Waals surface area (Å²) in [5.41, 5.74) is 4.75. The van der Waals surface area contributed by atoms with Gasteiger partial charge in [0.2, 0.25) is 11.8 Å². The quantitative estimate of drug-likeness (QED) is 0.766. The van der Waals surface area contributed by atoms with E-state index in [1.54, 1.807) is 44.2 Å². The monoisotopic (exact) mass is 275 g/mol. The summed E-state index contributed by atoms with van der Waals surface area (Å²) in [5.74, 6) is -1.23. The Labute approximate surface area is 116 Å². The second kappa shape index (κ2) is 5.05. The number of rotatable bonds is 4. The molecule has 1 heterocycles. The molecular weight excluding hydrogens is 258 g/mol. The van der Waals surface area contributed by atoms with Crippen molar-refractivity contribution in [1.29, 1.82) is 0 Å². The van der Waals surface area contributed by atoms with Gasteiger partial charge in [-0.15, -0.1) is 0 Å². The van der Waals surface area contributed by atoms with Crippen molar-refractivity contribution in [3.63, 3.8) is 0 Å². The first-order valence-corrected chi connectivity index (χ1v) is 6.32. The number of primary amides is 1. The van der Waals surface area contributed by atoms with Crippen LogP contribution in [-0.4, -0.2) is 29.3 Å². The third-order valence-electron chi connectivity index (χ3n) is 3.31. The third kappa shape index (κ3) is 2.55. The van der Waals surface area contributed by atoms with Gasteiger partial charge in [0, 0.05) is 0 Å². The molecular formula is C14H17N3O3. The van der Waals surface area contributed by atoms with Crippen LogP contribution in [0.5, 0.6) is 0 Å². The highest BCUT2D eigenvalue weighted by Gasteiger charge is 2.42. The molecule has 1 aliphatic rings. The van der Waals surface area contributed by atoms with E-state index in [1.807, 2.05) is 0 Å². The summed E-state index contributed by atoms with van der Waals surface area (Å²) in [6.45, 7) is 3.16. The van der Waals surface area contributed by atoms with E-state index < -0.39 is 17.5 Å². The highest BCUT2D eigenvalue weighted by Crippen LogP contribution is 2.23. The van der Waals surface area contributed by atoms with Crippen LogP contribution in [0.3, 0.4) is 0 Å². The van der Waals surface area contributed by atoms with Crippen LogP contribution in [0.25, 0.3) is 0 Å². The fourth-order valence-electron chi connectivity index (χ4n) is 2.10. The summed E-state index contributed by atoms with van der Waals surface area (Å²) >= 11 is 0. The van der Waals surface area contributed by atoms with Gasteiger partial charge in [0.05, 0.1) is 23.7 Å². The first-order valence-electron chi connectivity index (χ1n) is 6.32. The van der Waals surface area contributed by atoms with Gasteiger partial charge in [-0.05, 0) is 26.0 Å². The molecule has 1 atom stereocenters. The van der Waals surface area contributed by atoms with E-state index >= 15 is 0 Å². The molecule has 2 rings (SSSR count). The Morgan fingerprint density at radius 1 is 1.30 bits per heavy atom. The van der Waals surface area contributed by atoms with Gasteiger partial charge in [0.15, 0.2) is 0 Å². The molecule has 3 N–H and O–H groups in total. The molecule has 0 aromatic heterocycles. The lowest BCUT2D eigenvalue weighted by atomic mass is 10.0. The Morgan fingerprint density at radius 3 is 2.45 bits per heavy atom. The molecule has 1 fully saturated rings. The summed E-state index contributed by atoms with van der Waals surface area (Å²) < 4.78 is 0. The fraction of sp³-hybridized carbons (Fsp3) is 0.357. The molecule has 0 aliphatic carbocycles. The van der Waals surface area contributed by atoms with Crippen LogP contribution in [0.1, 0.15) is 20.3 Å². The predicted molar refractivity (Wildman–Crippen MR) is 73.7 cm³/mol. The van der Waals surface area contributed by atoms with Gasteiger partial charge in [-0.25, -0.2) is 4.90 Å². The van der Waals surface area contributed by atoms with Crippen molar-refractivity contribution in [2.75, 3.05) is 4.90 Å². The van der Waals surface area contributed by atoms with Crippen molar-refractivity contribution >= 4 is 23.4 Å². The van der Waals surface area contributed by atoms with Gasteiger partial charge in [0.1, 0.15) is 0 Å². The van der Waals surface area contributed by atoms with E-state index in [0.717, 1.165) is 4.90 Å². The van der Waals surface area contributed by atoms with Crippen molar-refractivity contribution < 1.29 is 14.4 Å². The number of nitrogens with zero attached hydrogens (tertiary/aromatic N) is 1. The zero-order valence-electron chi connectivity index (χ0n) is 11.4. The second-order valence-electron chi connectivity index (χ2n) is 5.29. The minimum Gasteiger partial charge on any atom is -0.368 e. The van der Waals surface area contributed by atoms with E-state index in [0.29, 0.717) is 5.69 Å². The largest absolute Gasteiger partial charge is 0.368 e. The summed E-state index contributed by atoms with van der Waals surface area (Å²) in [4.78, 5) is 36.7. The van der Waals surface area contributed by atoms with Gasteiger partial charge in [0.25, 0.3) is 5.91 Å². The summed E-state index contributed by atoms with van der Waals surface area (Å²) in [5, 5.41) is 2.85. The number of anilines is 1. The highest BCUT2D eigenvalue weighted by atomic mass is 16.2. The number of hydrogen-bond acceptors (Lipinski definition) is 4. The van der Waals surface area contributed by atoms with Crippen LogP contribution in [0.4, 0.5) is 5.69 Å². The summed E-state index contributed by atoms with van der Waals surface area (Å²) in [6, 6.07) is 7.97. The lowest BCUT2D eigenvalue weighted by Crippen LogP contribution is -2.56. The first kappa shape index (κ1) is 14.2. The van der Waals surface area contributed by atoms with Crippen LogP contribution in [0.2, 0.25) is 0 Å². The van der Waals surface area contributed by atoms with Gasteiger partial charge >= 0.3 is 0 Å². The van der Waals surface area contributed by atoms with E-state index in [1.165, 1.54) is 0 Å². The molecule has 0 spiro atoms. The Bertz CT molecular complexity index is 554. The minimum atomic E-state index is -1.05. The summed E-state index contributed by atoms with van der Waals surface area (Å²) in [6.07, 6.45) is 0.0183. The molecule has 6 heteroatoms. The maximum Gasteiger partial charge on any atom is 0.251 e. The Hall–Kier alpha value is -2.21. The number of hydrogen-bond donors (Lipinski definition) is 2. The predicted octanol–water partition coefficient (Wildman–Crippen LogP) is 0.172. The van der Waals surface area contributed by atoms with Crippen LogP contribution in [0.15, 0.2) is 30.3 Å². The van der Waals surface area contributed by atoms with Crippen molar-refractivity contribution in [1.82, 2.24) is 5.32 Å². The molecule has 20 heavy (non-hydrogen) atoms. The maximum absolute atomic E-state index is 12.3. The number of carbonyl (C=O) groups excluding carboxylic acids is 3. The van der Waals surface area contributed by atoms with Gasteiger partial charge in [-0.3, -0.25) is 19.7 Å². The van der Waals surface area contributed by atoms with Crippen molar-refractivity contribution in [2.24, 2.45) is 5.73 Å². The molecule has 1 unspecified atom stereocenters. The number of para-hydroxylation sites is 1. The lowest BCUT2D eigenvalue weighted by Gasteiger charge is -2.25. The number of amides is 3. The number of carbonyl (C=O) groups is 3. The van der Waals surface area contributed by atoms with E-state index in [2.05, 4.69) is 5.32 Å². The van der Waals surface area contributed by atoms with Crippen molar-refractivity contribution in [2.45, 2.75) is 31.8 Å². The van der Waals surface area contributed by atoms with Crippen molar-refractivity contribution in [3.8, 4) is 0 Å². The fourth-order valence-corrected chi connectivity index (χ4v) is 2.10. The molecule has 6 nitrogen and oxygen atoms in total. The molecule has 0 bridgehead atoms. The molecule has 106 valence electrons.